The zero-order valence-corrected chi connectivity index (χ0v) is 25.9. The summed E-state index contributed by atoms with van der Waals surface area (Å²) in [6.07, 6.45) is -0.223. The summed E-state index contributed by atoms with van der Waals surface area (Å²) in [6, 6.07) is 13.6. The molecule has 0 bridgehead atoms. The van der Waals surface area contributed by atoms with Crippen LogP contribution in [0.25, 0.3) is 0 Å². The highest BCUT2D eigenvalue weighted by Crippen LogP contribution is 2.26. The number of carbonyl (C=O) groups excluding carboxylic acids is 1. The molecule has 0 aromatic heterocycles. The number of fused-ring (bicyclic) bond motifs is 2. The van der Waals surface area contributed by atoms with E-state index in [1.807, 2.05) is 20.8 Å². The van der Waals surface area contributed by atoms with Gasteiger partial charge in [0.15, 0.2) is 0 Å². The first-order valence-corrected chi connectivity index (χ1v) is 15.3. The molecule has 0 spiro atoms. The molecule has 2 aromatic rings. The van der Waals surface area contributed by atoms with Gasteiger partial charge in [-0.3, -0.25) is 14.7 Å². The number of likely N-dealkylation sites (N-methyl/N-ethyl adjacent to an activating group) is 2. The summed E-state index contributed by atoms with van der Waals surface area (Å²) < 4.78 is 5.49. The Kier molecular flexibility index (Phi) is 9.66. The van der Waals surface area contributed by atoms with Gasteiger partial charge in [-0.2, -0.15) is 0 Å². The molecule has 8 nitrogen and oxygen atoms in total. The van der Waals surface area contributed by atoms with E-state index in [4.69, 9.17) is 4.74 Å². The van der Waals surface area contributed by atoms with E-state index in [1.165, 1.54) is 59.6 Å². The van der Waals surface area contributed by atoms with Crippen LogP contribution >= 0.6 is 0 Å². The van der Waals surface area contributed by atoms with Crippen molar-refractivity contribution in [3.05, 3.63) is 69.8 Å². The SMILES string of the molecule is CN1CCN(Cc2ccc3c(c2)CN(C(=O)OC(C)(C)C)C3)CC1.CN1CCN(Cc2ccc3c(c2)CNC3)CC1. The van der Waals surface area contributed by atoms with E-state index in [9.17, 15) is 4.79 Å². The quantitative estimate of drug-likeness (QED) is 0.610. The van der Waals surface area contributed by atoms with Crippen LogP contribution in [0.2, 0.25) is 0 Å². The van der Waals surface area contributed by atoms with E-state index in [0.717, 1.165) is 52.4 Å². The Hall–Kier alpha value is -2.49. The topological polar surface area (TPSA) is 54.5 Å². The van der Waals surface area contributed by atoms with Crippen LogP contribution in [0.1, 0.15) is 54.2 Å². The smallest absolute Gasteiger partial charge is 0.410 e. The van der Waals surface area contributed by atoms with Gasteiger partial charge in [0.1, 0.15) is 5.60 Å². The molecule has 2 saturated heterocycles. The molecule has 6 rings (SSSR count). The zero-order valence-electron chi connectivity index (χ0n) is 25.9. The van der Waals surface area contributed by atoms with Gasteiger partial charge in [-0.05, 0) is 68.2 Å². The summed E-state index contributed by atoms with van der Waals surface area (Å²) in [5, 5.41) is 3.40. The van der Waals surface area contributed by atoms with E-state index in [-0.39, 0.29) is 6.09 Å². The molecule has 0 atom stereocenters. The molecule has 4 aliphatic rings. The number of piperazine rings is 2. The van der Waals surface area contributed by atoms with Crippen molar-refractivity contribution in [1.82, 2.24) is 29.8 Å². The van der Waals surface area contributed by atoms with Crippen molar-refractivity contribution < 1.29 is 9.53 Å². The summed E-state index contributed by atoms with van der Waals surface area (Å²) in [7, 11) is 4.39. The summed E-state index contributed by atoms with van der Waals surface area (Å²) in [5.74, 6) is 0. The number of nitrogens with one attached hydrogen (secondary N) is 1. The summed E-state index contributed by atoms with van der Waals surface area (Å²) >= 11 is 0. The lowest BCUT2D eigenvalue weighted by Gasteiger charge is -2.32. The normalized spacial score (nSPS) is 20.4. The van der Waals surface area contributed by atoms with Crippen molar-refractivity contribution in [3.63, 3.8) is 0 Å². The third kappa shape index (κ3) is 8.52. The molecule has 2 aromatic carbocycles. The molecule has 8 heteroatoms. The molecule has 0 unspecified atom stereocenters. The largest absolute Gasteiger partial charge is 0.444 e. The summed E-state index contributed by atoms with van der Waals surface area (Å²) in [6.45, 7) is 20.5. The fourth-order valence-electron chi connectivity index (χ4n) is 5.98. The minimum absolute atomic E-state index is 0.223. The van der Waals surface area contributed by atoms with E-state index < -0.39 is 5.60 Å². The Balaban J connectivity index is 0.000000174. The lowest BCUT2D eigenvalue weighted by molar-refractivity contribution is 0.0242. The van der Waals surface area contributed by atoms with E-state index >= 15 is 0 Å². The number of benzene rings is 2. The van der Waals surface area contributed by atoms with Crippen LogP contribution in [0, 0.1) is 0 Å². The first-order chi connectivity index (χ1) is 19.6. The lowest BCUT2D eigenvalue weighted by atomic mass is 10.1. The molecule has 2 fully saturated rings. The predicted octanol–water partition coefficient (Wildman–Crippen LogP) is 3.72. The molecule has 41 heavy (non-hydrogen) atoms. The second-order valence-corrected chi connectivity index (χ2v) is 13.3. The van der Waals surface area contributed by atoms with Crippen molar-refractivity contribution >= 4 is 6.09 Å². The molecular formula is C33H50N6O2. The van der Waals surface area contributed by atoms with Gasteiger partial charge in [0.2, 0.25) is 0 Å². The molecule has 0 saturated carbocycles. The van der Waals surface area contributed by atoms with Crippen molar-refractivity contribution in [2.45, 2.75) is 65.6 Å². The highest BCUT2D eigenvalue weighted by atomic mass is 16.6. The number of ether oxygens (including phenoxy) is 1. The number of hydrogen-bond acceptors (Lipinski definition) is 7. The fraction of sp³-hybridized carbons (Fsp3) is 0.606. The number of rotatable bonds is 4. The zero-order chi connectivity index (χ0) is 29.0. The third-order valence-corrected chi connectivity index (χ3v) is 8.55. The van der Waals surface area contributed by atoms with Crippen LogP contribution < -0.4 is 5.32 Å². The van der Waals surface area contributed by atoms with Crippen LogP contribution in [0.5, 0.6) is 0 Å². The van der Waals surface area contributed by atoms with Crippen LogP contribution in [0.3, 0.4) is 0 Å². The Morgan fingerprint density at radius 3 is 1.76 bits per heavy atom. The average Bonchev–Trinajstić information content (AvgIpc) is 3.57. The minimum Gasteiger partial charge on any atom is -0.444 e. The Labute approximate surface area is 247 Å². The van der Waals surface area contributed by atoms with Crippen LogP contribution in [-0.2, 0) is 44.0 Å². The lowest BCUT2D eigenvalue weighted by Crippen LogP contribution is -2.43. The summed E-state index contributed by atoms with van der Waals surface area (Å²) in [4.78, 5) is 23.9. The molecule has 4 aliphatic heterocycles. The first kappa shape index (κ1) is 30.0. The highest BCUT2D eigenvalue weighted by molar-refractivity contribution is 5.69. The first-order valence-electron chi connectivity index (χ1n) is 15.3. The molecular weight excluding hydrogens is 512 g/mol. The predicted molar refractivity (Wildman–Crippen MR) is 164 cm³/mol. The number of amides is 1. The Morgan fingerprint density at radius 2 is 1.20 bits per heavy atom. The van der Waals surface area contributed by atoms with Gasteiger partial charge in [-0.1, -0.05) is 36.4 Å². The summed E-state index contributed by atoms with van der Waals surface area (Å²) in [5.41, 5.74) is 7.83. The van der Waals surface area contributed by atoms with Crippen molar-refractivity contribution in [2.24, 2.45) is 0 Å². The number of nitrogens with zero attached hydrogens (tertiary/aromatic N) is 5. The third-order valence-electron chi connectivity index (χ3n) is 8.55. The molecule has 0 radical (unpaired) electrons. The van der Waals surface area contributed by atoms with Gasteiger partial charge in [0, 0.05) is 91.6 Å². The van der Waals surface area contributed by atoms with E-state index in [0.29, 0.717) is 13.1 Å². The van der Waals surface area contributed by atoms with Crippen LogP contribution in [0.15, 0.2) is 36.4 Å². The van der Waals surface area contributed by atoms with Crippen LogP contribution in [-0.4, -0.2) is 103 Å². The minimum atomic E-state index is -0.446. The maximum atomic E-state index is 12.3. The maximum Gasteiger partial charge on any atom is 0.410 e. The van der Waals surface area contributed by atoms with E-state index in [1.54, 1.807) is 4.90 Å². The van der Waals surface area contributed by atoms with Gasteiger partial charge in [-0.15, -0.1) is 0 Å². The van der Waals surface area contributed by atoms with Gasteiger partial charge in [-0.25, -0.2) is 4.79 Å². The van der Waals surface area contributed by atoms with Crippen molar-refractivity contribution in [3.8, 4) is 0 Å². The van der Waals surface area contributed by atoms with Crippen molar-refractivity contribution in [1.29, 1.82) is 0 Å². The molecule has 0 aliphatic carbocycles. The van der Waals surface area contributed by atoms with E-state index in [2.05, 4.69) is 75.4 Å². The average molecular weight is 563 g/mol. The standard InChI is InChI=1S/C19H29N3O2.C14H21N3/c1-19(2,3)24-18(23)22-13-16-6-5-15(11-17(16)14-22)12-21-9-7-20(4)8-10-21;1-16-4-6-17(7-5-16)11-12-2-3-13-9-15-10-14(13)8-12/h5-6,11H,7-10,12-14H2,1-4H3;2-3,8,15H,4-7,9-11H2,1H3. The monoisotopic (exact) mass is 562 g/mol. The number of carbonyl (C=O) groups is 1. The van der Waals surface area contributed by atoms with Gasteiger partial charge in [0.05, 0.1) is 0 Å². The second-order valence-electron chi connectivity index (χ2n) is 13.3. The molecule has 224 valence electrons. The fourth-order valence-corrected chi connectivity index (χ4v) is 5.98. The van der Waals surface area contributed by atoms with Gasteiger partial charge < -0.3 is 19.9 Å². The molecule has 4 heterocycles. The second kappa shape index (κ2) is 13.2. The van der Waals surface area contributed by atoms with Crippen LogP contribution in [0.4, 0.5) is 4.79 Å². The van der Waals surface area contributed by atoms with Crippen molar-refractivity contribution in [2.75, 3.05) is 66.5 Å². The Bertz CT molecular complexity index is 1180. The van der Waals surface area contributed by atoms with Gasteiger partial charge >= 0.3 is 6.09 Å². The highest BCUT2D eigenvalue weighted by Gasteiger charge is 2.28. The molecule has 1 amide bonds. The number of hydrogen-bond donors (Lipinski definition) is 1. The molecule has 1 N–H and O–H groups in total. The maximum absolute atomic E-state index is 12.3. The Morgan fingerprint density at radius 1 is 0.707 bits per heavy atom. The van der Waals surface area contributed by atoms with Gasteiger partial charge in [0.25, 0.3) is 0 Å².